The Kier molecular flexibility index (Phi) is 4.94. The number of rotatable bonds is 4. The number of benzene rings is 3. The van der Waals surface area contributed by atoms with Crippen LogP contribution in [0.25, 0.3) is 0 Å². The smallest absolute Gasteiger partial charge is 0.259 e. The van der Waals surface area contributed by atoms with Crippen LogP contribution in [0.1, 0.15) is 26.3 Å². The molecule has 0 spiro atoms. The fraction of sp³-hybridized carbons (Fsp3) is 0.0909. The van der Waals surface area contributed by atoms with Crippen molar-refractivity contribution >= 4 is 34.8 Å². The van der Waals surface area contributed by atoms with Crippen LogP contribution in [-0.2, 0) is 6.54 Å². The summed E-state index contributed by atoms with van der Waals surface area (Å²) >= 11 is 5.77. The monoisotopic (exact) mass is 410 g/mol. The van der Waals surface area contributed by atoms with E-state index in [1.807, 2.05) is 6.07 Å². The van der Waals surface area contributed by atoms with E-state index < -0.39 is 11.7 Å². The second-order valence-corrected chi connectivity index (χ2v) is 6.92. The molecule has 1 aliphatic rings. The lowest BCUT2D eigenvalue weighted by Crippen LogP contribution is -2.24. The van der Waals surface area contributed by atoms with E-state index in [-0.39, 0.29) is 16.5 Å². The molecule has 0 saturated carbocycles. The van der Waals surface area contributed by atoms with Crippen LogP contribution in [0.3, 0.4) is 0 Å². The summed E-state index contributed by atoms with van der Waals surface area (Å²) in [5, 5.41) is 2.57. The van der Waals surface area contributed by atoms with Crippen molar-refractivity contribution in [2.75, 3.05) is 17.3 Å². The topological polar surface area (TPSA) is 58.6 Å². The molecule has 0 bridgehead atoms. The third kappa shape index (κ3) is 3.54. The maximum Gasteiger partial charge on any atom is 0.259 e. The number of ether oxygens (including phenoxy) is 1. The van der Waals surface area contributed by atoms with Gasteiger partial charge in [0.15, 0.2) is 0 Å². The number of nitrogens with one attached hydrogen (secondary N) is 1. The fourth-order valence-electron chi connectivity index (χ4n) is 3.29. The number of anilines is 2. The summed E-state index contributed by atoms with van der Waals surface area (Å²) in [6.45, 7) is 0.365. The lowest BCUT2D eigenvalue weighted by Gasteiger charge is -2.16. The number of hydrogen-bond acceptors (Lipinski definition) is 3. The molecule has 1 heterocycles. The highest BCUT2D eigenvalue weighted by atomic mass is 35.5. The molecule has 3 aromatic carbocycles. The summed E-state index contributed by atoms with van der Waals surface area (Å²) in [6, 6.07) is 16.2. The zero-order valence-electron chi connectivity index (χ0n) is 15.4. The quantitative estimate of drug-likeness (QED) is 0.665. The van der Waals surface area contributed by atoms with Gasteiger partial charge in [0, 0.05) is 11.4 Å². The molecule has 0 aromatic heterocycles. The van der Waals surface area contributed by atoms with Crippen molar-refractivity contribution in [3.63, 3.8) is 0 Å². The van der Waals surface area contributed by atoms with Gasteiger partial charge in [-0.3, -0.25) is 9.59 Å². The van der Waals surface area contributed by atoms with Crippen molar-refractivity contribution in [3.05, 3.63) is 88.2 Å². The lowest BCUT2D eigenvalue weighted by atomic mass is 10.0. The highest BCUT2D eigenvalue weighted by Crippen LogP contribution is 2.32. The maximum atomic E-state index is 13.3. The minimum absolute atomic E-state index is 0.0946. The minimum Gasteiger partial charge on any atom is -0.497 e. The van der Waals surface area contributed by atoms with E-state index in [0.29, 0.717) is 29.2 Å². The van der Waals surface area contributed by atoms with Crippen LogP contribution >= 0.6 is 11.6 Å². The number of amides is 2. The van der Waals surface area contributed by atoms with Gasteiger partial charge in [-0.05, 0) is 54.1 Å². The molecule has 146 valence electrons. The number of hydrogen-bond donors (Lipinski definition) is 1. The highest BCUT2D eigenvalue weighted by Gasteiger charge is 2.32. The Labute approximate surface area is 171 Å². The van der Waals surface area contributed by atoms with E-state index in [9.17, 15) is 14.0 Å². The number of methoxy groups -OCH3 is 1. The largest absolute Gasteiger partial charge is 0.497 e. The maximum absolute atomic E-state index is 13.3. The predicted molar refractivity (Wildman–Crippen MR) is 109 cm³/mol. The van der Waals surface area contributed by atoms with Crippen molar-refractivity contribution in [3.8, 4) is 5.75 Å². The Morgan fingerprint density at radius 1 is 1.14 bits per heavy atom. The predicted octanol–water partition coefficient (Wildman–Crippen LogP) is 4.90. The second kappa shape index (κ2) is 7.56. The normalized spacial score (nSPS) is 12.7. The van der Waals surface area contributed by atoms with Gasteiger partial charge in [0.05, 0.1) is 29.8 Å². The van der Waals surface area contributed by atoms with Crippen LogP contribution < -0.4 is 15.0 Å². The van der Waals surface area contributed by atoms with E-state index in [2.05, 4.69) is 5.32 Å². The molecule has 0 saturated heterocycles. The molecule has 0 radical (unpaired) electrons. The first-order chi connectivity index (χ1) is 14.0. The van der Waals surface area contributed by atoms with Gasteiger partial charge in [-0.2, -0.15) is 0 Å². The average molecular weight is 411 g/mol. The van der Waals surface area contributed by atoms with E-state index in [0.717, 1.165) is 5.56 Å². The van der Waals surface area contributed by atoms with Crippen LogP contribution in [0, 0.1) is 5.82 Å². The molecule has 1 N–H and O–H groups in total. The minimum atomic E-state index is -0.574. The van der Waals surface area contributed by atoms with Gasteiger partial charge in [-0.25, -0.2) is 4.39 Å². The van der Waals surface area contributed by atoms with Gasteiger partial charge in [0.2, 0.25) is 0 Å². The van der Waals surface area contributed by atoms with Crippen LogP contribution in [0.5, 0.6) is 5.75 Å². The molecule has 0 unspecified atom stereocenters. The Morgan fingerprint density at radius 3 is 2.59 bits per heavy atom. The molecule has 3 aromatic rings. The first-order valence-corrected chi connectivity index (χ1v) is 9.20. The third-order valence-corrected chi connectivity index (χ3v) is 5.03. The zero-order chi connectivity index (χ0) is 20.5. The number of carbonyl (C=O) groups excluding carboxylic acids is 2. The summed E-state index contributed by atoms with van der Waals surface area (Å²) in [5.74, 6) is -0.603. The Hall–Kier alpha value is -3.38. The van der Waals surface area contributed by atoms with Crippen molar-refractivity contribution in [1.82, 2.24) is 0 Å². The molecular formula is C22H16ClFN2O3. The summed E-state index contributed by atoms with van der Waals surface area (Å²) in [4.78, 5) is 27.5. The van der Waals surface area contributed by atoms with Crippen LogP contribution in [-0.4, -0.2) is 18.9 Å². The molecule has 0 fully saturated rings. The summed E-state index contributed by atoms with van der Waals surface area (Å²) in [5.41, 5.74) is 2.42. The molecule has 5 nitrogen and oxygen atoms in total. The summed E-state index contributed by atoms with van der Waals surface area (Å²) in [7, 11) is 1.57. The van der Waals surface area contributed by atoms with E-state index in [4.69, 9.17) is 16.3 Å². The molecule has 0 aliphatic carbocycles. The average Bonchev–Trinajstić information content (AvgIpc) is 3.07. The van der Waals surface area contributed by atoms with Crippen molar-refractivity contribution < 1.29 is 18.7 Å². The fourth-order valence-corrected chi connectivity index (χ4v) is 3.47. The molecule has 2 amide bonds. The van der Waals surface area contributed by atoms with Crippen molar-refractivity contribution in [2.45, 2.75) is 6.54 Å². The van der Waals surface area contributed by atoms with Crippen molar-refractivity contribution in [1.29, 1.82) is 0 Å². The Bertz CT molecular complexity index is 1120. The van der Waals surface area contributed by atoms with Gasteiger partial charge < -0.3 is 15.0 Å². The van der Waals surface area contributed by atoms with Crippen LogP contribution in [0.2, 0.25) is 5.02 Å². The molecule has 1 aliphatic heterocycles. The molecule has 7 heteroatoms. The van der Waals surface area contributed by atoms with Gasteiger partial charge >= 0.3 is 0 Å². The summed E-state index contributed by atoms with van der Waals surface area (Å²) < 4.78 is 18.5. The first kappa shape index (κ1) is 19.0. The van der Waals surface area contributed by atoms with Gasteiger partial charge in [-0.15, -0.1) is 0 Å². The standard InChI is InChI=1S/C22H16ClFN2O3/c1-29-16-8-6-15(7-9-16)26-12-13-3-2-4-17(20(13)22(26)28)21(27)25-14-5-10-19(24)18(23)11-14/h2-11H,12H2,1H3,(H,25,27). The number of halogens is 2. The van der Waals surface area contributed by atoms with Gasteiger partial charge in [-0.1, -0.05) is 23.7 Å². The van der Waals surface area contributed by atoms with E-state index >= 15 is 0 Å². The molecular weight excluding hydrogens is 395 g/mol. The first-order valence-electron chi connectivity index (χ1n) is 8.82. The number of nitrogens with zero attached hydrogens (tertiary/aromatic N) is 1. The van der Waals surface area contributed by atoms with Crippen LogP contribution in [0.15, 0.2) is 60.7 Å². The highest BCUT2D eigenvalue weighted by molar-refractivity contribution is 6.31. The Morgan fingerprint density at radius 2 is 1.90 bits per heavy atom. The zero-order valence-corrected chi connectivity index (χ0v) is 16.2. The molecule has 4 rings (SSSR count). The summed E-state index contributed by atoms with van der Waals surface area (Å²) in [6.07, 6.45) is 0. The van der Waals surface area contributed by atoms with Crippen LogP contribution in [0.4, 0.5) is 15.8 Å². The van der Waals surface area contributed by atoms with Crippen molar-refractivity contribution in [2.24, 2.45) is 0 Å². The van der Waals surface area contributed by atoms with Gasteiger partial charge in [0.25, 0.3) is 11.8 Å². The molecule has 0 atom stereocenters. The number of fused-ring (bicyclic) bond motifs is 1. The molecule has 29 heavy (non-hydrogen) atoms. The third-order valence-electron chi connectivity index (χ3n) is 4.74. The lowest BCUT2D eigenvalue weighted by molar-refractivity contribution is 0.0976. The van der Waals surface area contributed by atoms with Gasteiger partial charge in [0.1, 0.15) is 11.6 Å². The second-order valence-electron chi connectivity index (χ2n) is 6.51. The van der Waals surface area contributed by atoms with E-state index in [1.165, 1.54) is 18.2 Å². The Balaban J connectivity index is 1.62. The SMILES string of the molecule is COc1ccc(N2Cc3cccc(C(=O)Nc4ccc(F)c(Cl)c4)c3C2=O)cc1. The van der Waals surface area contributed by atoms with E-state index in [1.54, 1.807) is 48.4 Å². The number of carbonyl (C=O) groups is 2.